The highest BCUT2D eigenvalue weighted by Gasteiger charge is 2.17. The van der Waals surface area contributed by atoms with Crippen molar-refractivity contribution in [1.82, 2.24) is 9.55 Å². The SMILES string of the molecule is COc1cc2ncn(C(C)(C)C)c(=O)c2cc1OC. The molecule has 0 bridgehead atoms. The van der Waals surface area contributed by atoms with Crippen LogP contribution >= 0.6 is 0 Å². The van der Waals surface area contributed by atoms with Gasteiger partial charge in [-0.25, -0.2) is 4.98 Å². The third kappa shape index (κ3) is 2.28. The zero-order valence-electron chi connectivity index (χ0n) is 11.9. The Kier molecular flexibility index (Phi) is 3.22. The van der Waals surface area contributed by atoms with Crippen LogP contribution in [0.1, 0.15) is 20.8 Å². The van der Waals surface area contributed by atoms with Crippen LogP contribution in [-0.4, -0.2) is 23.8 Å². The molecule has 5 heteroatoms. The summed E-state index contributed by atoms with van der Waals surface area (Å²) in [6.07, 6.45) is 1.57. The molecule has 102 valence electrons. The van der Waals surface area contributed by atoms with Crippen molar-refractivity contribution in [3.8, 4) is 11.5 Å². The first-order valence-corrected chi connectivity index (χ1v) is 6.02. The Morgan fingerprint density at radius 2 is 1.68 bits per heavy atom. The summed E-state index contributed by atoms with van der Waals surface area (Å²) in [5.41, 5.74) is 0.201. The second-order valence-corrected chi connectivity index (χ2v) is 5.31. The molecule has 0 amide bonds. The van der Waals surface area contributed by atoms with E-state index >= 15 is 0 Å². The third-order valence-electron chi connectivity index (χ3n) is 2.99. The fraction of sp³-hybridized carbons (Fsp3) is 0.429. The molecule has 0 aliphatic heterocycles. The molecule has 0 unspecified atom stereocenters. The third-order valence-corrected chi connectivity index (χ3v) is 2.99. The number of nitrogens with zero attached hydrogens (tertiary/aromatic N) is 2. The summed E-state index contributed by atoms with van der Waals surface area (Å²) in [6, 6.07) is 3.38. The van der Waals surface area contributed by atoms with E-state index < -0.39 is 0 Å². The molecule has 2 aromatic rings. The van der Waals surface area contributed by atoms with Gasteiger partial charge in [-0.1, -0.05) is 0 Å². The topological polar surface area (TPSA) is 53.4 Å². The molecule has 5 nitrogen and oxygen atoms in total. The zero-order valence-corrected chi connectivity index (χ0v) is 11.9. The van der Waals surface area contributed by atoms with Gasteiger partial charge in [0, 0.05) is 11.6 Å². The molecule has 0 N–H and O–H groups in total. The zero-order chi connectivity index (χ0) is 14.2. The normalized spacial score (nSPS) is 11.6. The fourth-order valence-corrected chi connectivity index (χ4v) is 1.93. The molecule has 2 rings (SSSR count). The van der Waals surface area contributed by atoms with Crippen molar-refractivity contribution in [3.63, 3.8) is 0 Å². The maximum atomic E-state index is 12.5. The van der Waals surface area contributed by atoms with Crippen LogP contribution < -0.4 is 15.0 Å². The Morgan fingerprint density at radius 1 is 1.11 bits per heavy atom. The van der Waals surface area contributed by atoms with Crippen molar-refractivity contribution < 1.29 is 9.47 Å². The van der Waals surface area contributed by atoms with E-state index in [-0.39, 0.29) is 11.1 Å². The van der Waals surface area contributed by atoms with Crippen LogP contribution in [0.15, 0.2) is 23.3 Å². The number of benzene rings is 1. The van der Waals surface area contributed by atoms with Crippen LogP contribution in [-0.2, 0) is 5.54 Å². The van der Waals surface area contributed by atoms with Crippen LogP contribution in [0.25, 0.3) is 10.9 Å². The van der Waals surface area contributed by atoms with Crippen LogP contribution in [0, 0.1) is 0 Å². The van der Waals surface area contributed by atoms with Gasteiger partial charge in [0.05, 0.1) is 31.4 Å². The standard InChI is InChI=1S/C14H18N2O3/c1-14(2,3)16-8-15-10-7-12(19-5)11(18-4)6-9(10)13(16)17/h6-8H,1-5H3. The number of rotatable bonds is 2. The lowest BCUT2D eigenvalue weighted by molar-refractivity contribution is 0.355. The summed E-state index contributed by atoms with van der Waals surface area (Å²) in [7, 11) is 3.10. The number of hydrogen-bond acceptors (Lipinski definition) is 4. The van der Waals surface area contributed by atoms with E-state index in [0.717, 1.165) is 0 Å². The minimum atomic E-state index is -0.314. The smallest absolute Gasteiger partial charge is 0.261 e. The maximum Gasteiger partial charge on any atom is 0.261 e. The van der Waals surface area contributed by atoms with Crippen molar-refractivity contribution in [2.45, 2.75) is 26.3 Å². The second kappa shape index (κ2) is 4.57. The summed E-state index contributed by atoms with van der Waals surface area (Å²) in [5.74, 6) is 1.09. The Bertz CT molecular complexity index is 669. The lowest BCUT2D eigenvalue weighted by Crippen LogP contribution is -2.33. The van der Waals surface area contributed by atoms with E-state index in [0.29, 0.717) is 22.4 Å². The molecule has 0 aliphatic rings. The molecule has 0 atom stereocenters. The Morgan fingerprint density at radius 3 is 2.21 bits per heavy atom. The van der Waals surface area contributed by atoms with Gasteiger partial charge in [0.25, 0.3) is 5.56 Å². The molecular weight excluding hydrogens is 244 g/mol. The van der Waals surface area contributed by atoms with Crippen molar-refractivity contribution in [3.05, 3.63) is 28.8 Å². The first-order chi connectivity index (χ1) is 8.88. The van der Waals surface area contributed by atoms with Gasteiger partial charge in [-0.3, -0.25) is 9.36 Å². The molecule has 0 saturated heterocycles. The lowest BCUT2D eigenvalue weighted by atomic mass is 10.1. The van der Waals surface area contributed by atoms with Crippen LogP contribution in [0.3, 0.4) is 0 Å². The highest BCUT2D eigenvalue weighted by Crippen LogP contribution is 2.30. The summed E-state index contributed by atoms with van der Waals surface area (Å²) >= 11 is 0. The molecule has 0 aliphatic carbocycles. The van der Waals surface area contributed by atoms with E-state index in [1.54, 1.807) is 37.2 Å². The second-order valence-electron chi connectivity index (χ2n) is 5.31. The summed E-state index contributed by atoms with van der Waals surface area (Å²) < 4.78 is 12.0. The summed E-state index contributed by atoms with van der Waals surface area (Å²) in [6.45, 7) is 5.88. The van der Waals surface area contributed by atoms with Gasteiger partial charge in [-0.15, -0.1) is 0 Å². The minimum Gasteiger partial charge on any atom is -0.493 e. The summed E-state index contributed by atoms with van der Waals surface area (Å²) in [5, 5.41) is 0.523. The number of aromatic nitrogens is 2. The van der Waals surface area contributed by atoms with E-state index in [1.807, 2.05) is 20.8 Å². The highest BCUT2D eigenvalue weighted by atomic mass is 16.5. The van der Waals surface area contributed by atoms with Gasteiger partial charge in [0.1, 0.15) is 0 Å². The monoisotopic (exact) mass is 262 g/mol. The summed E-state index contributed by atoms with van der Waals surface area (Å²) in [4.78, 5) is 16.8. The Balaban J connectivity index is 2.80. The van der Waals surface area contributed by atoms with E-state index in [9.17, 15) is 4.79 Å². The first kappa shape index (κ1) is 13.4. The van der Waals surface area contributed by atoms with Gasteiger partial charge in [-0.2, -0.15) is 0 Å². The molecule has 1 heterocycles. The molecular formula is C14H18N2O3. The Labute approximate surface area is 111 Å². The van der Waals surface area contributed by atoms with Gasteiger partial charge in [0.2, 0.25) is 0 Å². The molecule has 0 spiro atoms. The largest absolute Gasteiger partial charge is 0.493 e. The minimum absolute atomic E-state index is 0.0848. The average molecular weight is 262 g/mol. The fourth-order valence-electron chi connectivity index (χ4n) is 1.93. The number of hydrogen-bond donors (Lipinski definition) is 0. The number of fused-ring (bicyclic) bond motifs is 1. The number of methoxy groups -OCH3 is 2. The van der Waals surface area contributed by atoms with Crippen LogP contribution in [0.4, 0.5) is 0 Å². The van der Waals surface area contributed by atoms with Gasteiger partial charge in [0.15, 0.2) is 11.5 Å². The van der Waals surface area contributed by atoms with Crippen molar-refractivity contribution in [2.24, 2.45) is 0 Å². The van der Waals surface area contributed by atoms with Crippen molar-refractivity contribution in [2.75, 3.05) is 14.2 Å². The van der Waals surface area contributed by atoms with E-state index in [4.69, 9.17) is 9.47 Å². The molecule has 0 saturated carbocycles. The highest BCUT2D eigenvalue weighted by molar-refractivity contribution is 5.81. The number of ether oxygens (including phenoxy) is 2. The molecule has 19 heavy (non-hydrogen) atoms. The first-order valence-electron chi connectivity index (χ1n) is 6.02. The lowest BCUT2D eigenvalue weighted by Gasteiger charge is -2.22. The Hall–Kier alpha value is -2.04. The van der Waals surface area contributed by atoms with Crippen LogP contribution in [0.2, 0.25) is 0 Å². The molecule has 1 aromatic heterocycles. The van der Waals surface area contributed by atoms with Crippen molar-refractivity contribution >= 4 is 10.9 Å². The van der Waals surface area contributed by atoms with Gasteiger partial charge >= 0.3 is 0 Å². The van der Waals surface area contributed by atoms with E-state index in [1.165, 1.54) is 0 Å². The quantitative estimate of drug-likeness (QED) is 0.832. The molecule has 0 fully saturated rings. The predicted molar refractivity (Wildman–Crippen MR) is 74.1 cm³/mol. The average Bonchev–Trinajstić information content (AvgIpc) is 2.36. The van der Waals surface area contributed by atoms with Gasteiger partial charge < -0.3 is 9.47 Å². The van der Waals surface area contributed by atoms with Gasteiger partial charge in [-0.05, 0) is 26.8 Å². The van der Waals surface area contributed by atoms with Crippen LogP contribution in [0.5, 0.6) is 11.5 Å². The molecule has 1 aromatic carbocycles. The maximum absolute atomic E-state index is 12.5. The molecule has 0 radical (unpaired) electrons. The van der Waals surface area contributed by atoms with Crippen molar-refractivity contribution in [1.29, 1.82) is 0 Å². The predicted octanol–water partition coefficient (Wildman–Crippen LogP) is 2.17. The van der Waals surface area contributed by atoms with E-state index in [2.05, 4.69) is 4.98 Å².